The van der Waals surface area contributed by atoms with Crippen LogP contribution < -0.4 is 4.74 Å². The van der Waals surface area contributed by atoms with E-state index in [1.165, 1.54) is 11.1 Å². The average molecular weight is 603 g/mol. The van der Waals surface area contributed by atoms with Gasteiger partial charge in [0.25, 0.3) is 0 Å². The van der Waals surface area contributed by atoms with Gasteiger partial charge in [-0.3, -0.25) is 19.4 Å². The summed E-state index contributed by atoms with van der Waals surface area (Å²) in [5, 5.41) is 44.9. The molecule has 2 aromatic rings. The van der Waals surface area contributed by atoms with Gasteiger partial charge in [0.2, 0.25) is 0 Å². The SMILES string of the molecule is Cc1ccc(C2(O)CCN(Cc3ccc(OCCN4CCOCC4)cc3)CC2)cc1.O=C(O)CC(O)(CC(=O)O)C(=O)O. The second-order valence-electron chi connectivity index (χ2n) is 11.1. The molecular formula is C31H42N2O10. The third-order valence-electron chi connectivity index (χ3n) is 7.67. The van der Waals surface area contributed by atoms with Crippen LogP contribution in [-0.2, 0) is 31.3 Å². The molecule has 236 valence electrons. The van der Waals surface area contributed by atoms with Crippen LogP contribution in [0.3, 0.4) is 0 Å². The first-order valence-corrected chi connectivity index (χ1v) is 14.3. The maximum absolute atomic E-state index is 11.1. The maximum Gasteiger partial charge on any atom is 0.336 e. The molecule has 2 aromatic carbocycles. The second kappa shape index (κ2) is 15.8. The molecule has 0 bridgehead atoms. The summed E-state index contributed by atoms with van der Waals surface area (Å²) in [6, 6.07) is 16.8. The van der Waals surface area contributed by atoms with Crippen LogP contribution in [-0.4, -0.2) is 111 Å². The maximum atomic E-state index is 11.1. The zero-order valence-corrected chi connectivity index (χ0v) is 24.5. The van der Waals surface area contributed by atoms with Crippen molar-refractivity contribution in [1.82, 2.24) is 9.80 Å². The van der Waals surface area contributed by atoms with Gasteiger partial charge in [0.05, 0.1) is 31.7 Å². The Morgan fingerprint density at radius 2 is 1.42 bits per heavy atom. The topological polar surface area (TPSA) is 177 Å². The van der Waals surface area contributed by atoms with Crippen LogP contribution in [0.4, 0.5) is 0 Å². The molecule has 2 heterocycles. The fourth-order valence-electron chi connectivity index (χ4n) is 5.01. The Labute approximate surface area is 251 Å². The number of aliphatic hydroxyl groups is 2. The van der Waals surface area contributed by atoms with Crippen LogP contribution >= 0.6 is 0 Å². The summed E-state index contributed by atoms with van der Waals surface area (Å²) in [5.41, 5.74) is 0.135. The number of carbonyl (C=O) groups is 3. The minimum Gasteiger partial charge on any atom is -0.492 e. The van der Waals surface area contributed by atoms with E-state index in [1.54, 1.807) is 0 Å². The first-order valence-electron chi connectivity index (χ1n) is 14.3. The van der Waals surface area contributed by atoms with Crippen molar-refractivity contribution in [3.63, 3.8) is 0 Å². The third kappa shape index (κ3) is 10.9. The normalized spacial score (nSPS) is 17.4. The van der Waals surface area contributed by atoms with Crippen LogP contribution in [0.25, 0.3) is 0 Å². The number of nitrogens with zero attached hydrogens (tertiary/aromatic N) is 2. The van der Waals surface area contributed by atoms with E-state index in [0.717, 1.165) is 76.6 Å². The molecule has 0 amide bonds. The molecule has 0 spiro atoms. The van der Waals surface area contributed by atoms with Gasteiger partial charge in [-0.05, 0) is 43.0 Å². The zero-order valence-electron chi connectivity index (χ0n) is 24.5. The molecule has 0 atom stereocenters. The summed E-state index contributed by atoms with van der Waals surface area (Å²) in [4.78, 5) is 35.3. The third-order valence-corrected chi connectivity index (χ3v) is 7.67. The standard InChI is InChI=1S/C25H34N2O3.C6H8O7/c1-21-2-6-23(7-3-21)25(28)10-12-27(13-11-25)20-22-4-8-24(9-5-22)30-19-16-26-14-17-29-18-15-26;7-3(8)1-6(13,5(11)12)2-4(9)10/h2-9,28H,10-20H2,1H3;13H,1-2H2,(H,7,8)(H,9,10)(H,11,12). The molecule has 0 aliphatic carbocycles. The molecule has 12 heteroatoms. The number of aliphatic carboxylic acids is 3. The lowest BCUT2D eigenvalue weighted by Gasteiger charge is -2.38. The molecule has 0 radical (unpaired) electrons. The van der Waals surface area contributed by atoms with E-state index in [1.807, 2.05) is 0 Å². The van der Waals surface area contributed by atoms with Crippen LogP contribution in [0.2, 0.25) is 0 Å². The van der Waals surface area contributed by atoms with Crippen molar-refractivity contribution < 1.29 is 49.4 Å². The molecule has 2 aliphatic heterocycles. The minimum atomic E-state index is -2.74. The quantitative estimate of drug-likeness (QED) is 0.239. The lowest BCUT2D eigenvalue weighted by Crippen LogP contribution is -2.42. The number of aryl methyl sites for hydroxylation is 1. The highest BCUT2D eigenvalue weighted by molar-refractivity contribution is 5.88. The highest BCUT2D eigenvalue weighted by atomic mass is 16.5. The fraction of sp³-hybridized carbons (Fsp3) is 0.516. The molecule has 2 aliphatic rings. The largest absolute Gasteiger partial charge is 0.492 e. The van der Waals surface area contributed by atoms with E-state index in [2.05, 4.69) is 65.3 Å². The van der Waals surface area contributed by atoms with Gasteiger partial charge in [-0.15, -0.1) is 0 Å². The second-order valence-corrected chi connectivity index (χ2v) is 11.1. The first kappa shape index (κ1) is 33.9. The molecule has 4 rings (SSSR count). The van der Waals surface area contributed by atoms with Gasteiger partial charge in [0.1, 0.15) is 12.4 Å². The predicted octanol–water partition coefficient (Wildman–Crippen LogP) is 1.94. The van der Waals surface area contributed by atoms with Crippen LogP contribution in [0.1, 0.15) is 42.4 Å². The van der Waals surface area contributed by atoms with Gasteiger partial charge in [-0.1, -0.05) is 42.0 Å². The van der Waals surface area contributed by atoms with E-state index < -0.39 is 42.0 Å². The summed E-state index contributed by atoms with van der Waals surface area (Å²) in [6.45, 7) is 10.1. The number of ether oxygens (including phenoxy) is 2. The summed E-state index contributed by atoms with van der Waals surface area (Å²) in [7, 11) is 0. The highest BCUT2D eigenvalue weighted by Crippen LogP contribution is 2.33. The smallest absolute Gasteiger partial charge is 0.336 e. The van der Waals surface area contributed by atoms with Gasteiger partial charge in [0.15, 0.2) is 5.60 Å². The van der Waals surface area contributed by atoms with Gasteiger partial charge in [-0.2, -0.15) is 0 Å². The van der Waals surface area contributed by atoms with E-state index >= 15 is 0 Å². The number of morpholine rings is 1. The van der Waals surface area contributed by atoms with Crippen molar-refractivity contribution in [1.29, 1.82) is 0 Å². The first-order chi connectivity index (χ1) is 20.4. The van der Waals surface area contributed by atoms with Crippen molar-refractivity contribution in [3.05, 3.63) is 65.2 Å². The van der Waals surface area contributed by atoms with Crippen LogP contribution in [0.15, 0.2) is 48.5 Å². The number of likely N-dealkylation sites (tertiary alicyclic amines) is 1. The minimum absolute atomic E-state index is 0.692. The summed E-state index contributed by atoms with van der Waals surface area (Å²) < 4.78 is 11.3. The molecule has 12 nitrogen and oxygen atoms in total. The Hall–Kier alpha value is -3.55. The number of carboxylic acid groups (broad SMARTS) is 3. The van der Waals surface area contributed by atoms with Gasteiger partial charge < -0.3 is 35.0 Å². The van der Waals surface area contributed by atoms with Crippen molar-refractivity contribution in [2.45, 2.75) is 50.4 Å². The van der Waals surface area contributed by atoms with Crippen molar-refractivity contribution >= 4 is 17.9 Å². The average Bonchev–Trinajstić information content (AvgIpc) is 2.96. The molecule has 2 saturated heterocycles. The van der Waals surface area contributed by atoms with Crippen LogP contribution in [0, 0.1) is 6.92 Å². The molecular weight excluding hydrogens is 560 g/mol. The van der Waals surface area contributed by atoms with Crippen molar-refractivity contribution in [2.24, 2.45) is 0 Å². The van der Waals surface area contributed by atoms with E-state index in [-0.39, 0.29) is 0 Å². The Balaban J connectivity index is 0.000000331. The molecule has 0 saturated carbocycles. The molecule has 5 N–H and O–H groups in total. The summed E-state index contributed by atoms with van der Waals surface area (Å²) >= 11 is 0. The number of hydrogen-bond donors (Lipinski definition) is 5. The number of benzene rings is 2. The van der Waals surface area contributed by atoms with Crippen molar-refractivity contribution in [2.75, 3.05) is 52.5 Å². The Bertz CT molecular complexity index is 1170. The highest BCUT2D eigenvalue weighted by Gasteiger charge is 2.40. The van der Waals surface area contributed by atoms with E-state index in [0.29, 0.717) is 6.61 Å². The number of rotatable bonds is 12. The predicted molar refractivity (Wildman–Crippen MR) is 156 cm³/mol. The Morgan fingerprint density at radius 1 is 0.860 bits per heavy atom. The Morgan fingerprint density at radius 3 is 1.93 bits per heavy atom. The van der Waals surface area contributed by atoms with Gasteiger partial charge in [-0.25, -0.2) is 4.79 Å². The summed E-state index contributed by atoms with van der Waals surface area (Å²) in [5.74, 6) is -4.09. The molecule has 43 heavy (non-hydrogen) atoms. The van der Waals surface area contributed by atoms with E-state index in [4.69, 9.17) is 29.9 Å². The van der Waals surface area contributed by atoms with Gasteiger partial charge >= 0.3 is 17.9 Å². The number of piperidine rings is 1. The molecule has 2 fully saturated rings. The monoisotopic (exact) mass is 602 g/mol. The lowest BCUT2D eigenvalue weighted by molar-refractivity contribution is -0.170. The fourth-order valence-corrected chi connectivity index (χ4v) is 5.01. The molecule has 0 unspecified atom stereocenters. The summed E-state index contributed by atoms with van der Waals surface area (Å²) in [6.07, 6.45) is -0.735. The van der Waals surface area contributed by atoms with Crippen molar-refractivity contribution in [3.8, 4) is 5.75 Å². The van der Waals surface area contributed by atoms with E-state index in [9.17, 15) is 19.5 Å². The van der Waals surface area contributed by atoms with Crippen LogP contribution in [0.5, 0.6) is 5.75 Å². The zero-order chi connectivity index (χ0) is 31.5. The molecule has 0 aromatic heterocycles. The van der Waals surface area contributed by atoms with Gasteiger partial charge in [0, 0.05) is 39.3 Å². The Kier molecular flexibility index (Phi) is 12.5. The number of carboxylic acids is 3. The lowest BCUT2D eigenvalue weighted by atomic mass is 9.84. The number of hydrogen-bond acceptors (Lipinski definition) is 9.